The van der Waals surface area contributed by atoms with E-state index < -0.39 is 0 Å². The van der Waals surface area contributed by atoms with Gasteiger partial charge >= 0.3 is 0 Å². The van der Waals surface area contributed by atoms with Gasteiger partial charge in [0, 0.05) is 16.4 Å². The fraction of sp³-hybridized carbons (Fsp3) is 0.769. The molecule has 0 amide bonds. The summed E-state index contributed by atoms with van der Waals surface area (Å²) < 4.78 is 0. The average molecular weight is 224 g/mol. The van der Waals surface area contributed by atoms with Crippen molar-refractivity contribution in [3.8, 4) is 0 Å². The van der Waals surface area contributed by atoms with Crippen LogP contribution >= 0.6 is 11.8 Å². The van der Waals surface area contributed by atoms with E-state index >= 15 is 0 Å². The van der Waals surface area contributed by atoms with Gasteiger partial charge in [0.1, 0.15) is 0 Å². The predicted octanol–water partition coefficient (Wildman–Crippen LogP) is 3.59. The summed E-state index contributed by atoms with van der Waals surface area (Å²) in [7, 11) is 0. The molecule has 2 rings (SSSR count). The molecule has 0 aromatic heterocycles. The highest BCUT2D eigenvalue weighted by Gasteiger charge is 2.35. The van der Waals surface area contributed by atoms with Crippen LogP contribution in [0.2, 0.25) is 0 Å². The number of carbonyl (C=O) groups excluding carboxylic acids is 1. The normalized spacial score (nSPS) is 36.4. The molecule has 2 aliphatic rings. The minimum absolute atomic E-state index is 0.331. The number of fused-ring (bicyclic) bond motifs is 2. The van der Waals surface area contributed by atoms with E-state index in [1.54, 1.807) is 0 Å². The van der Waals surface area contributed by atoms with Crippen molar-refractivity contribution in [1.29, 1.82) is 0 Å². The third-order valence-electron chi connectivity index (χ3n) is 3.72. The molecule has 2 aliphatic heterocycles. The Morgan fingerprint density at radius 3 is 2.40 bits per heavy atom. The zero-order chi connectivity index (χ0) is 10.8. The highest BCUT2D eigenvalue weighted by atomic mass is 32.2. The van der Waals surface area contributed by atoms with Crippen LogP contribution in [0.4, 0.5) is 0 Å². The largest absolute Gasteiger partial charge is 0.294 e. The van der Waals surface area contributed by atoms with E-state index in [1.807, 2.05) is 19.9 Å². The second-order valence-electron chi connectivity index (χ2n) is 4.82. The van der Waals surface area contributed by atoms with Crippen molar-refractivity contribution in [1.82, 2.24) is 0 Å². The Kier molecular flexibility index (Phi) is 3.55. The van der Waals surface area contributed by atoms with E-state index in [9.17, 15) is 4.79 Å². The lowest BCUT2D eigenvalue weighted by atomic mass is 9.84. The third-order valence-corrected chi connectivity index (χ3v) is 5.35. The second-order valence-corrected chi connectivity index (χ2v) is 6.42. The van der Waals surface area contributed by atoms with Gasteiger partial charge in [-0.15, -0.1) is 0 Å². The number of Topliss-reactive ketones (excluding diaryl/α,β-unsaturated/α-hetero) is 1. The fourth-order valence-corrected chi connectivity index (χ4v) is 4.57. The van der Waals surface area contributed by atoms with E-state index in [0.29, 0.717) is 11.7 Å². The van der Waals surface area contributed by atoms with Gasteiger partial charge in [-0.2, -0.15) is 11.8 Å². The molecule has 2 atom stereocenters. The van der Waals surface area contributed by atoms with E-state index in [4.69, 9.17) is 0 Å². The van der Waals surface area contributed by atoms with Gasteiger partial charge < -0.3 is 0 Å². The van der Waals surface area contributed by atoms with Gasteiger partial charge in [0.2, 0.25) is 0 Å². The minimum atomic E-state index is 0.331. The Morgan fingerprint density at radius 1 is 1.27 bits per heavy atom. The van der Waals surface area contributed by atoms with E-state index in [2.05, 4.69) is 11.8 Å². The van der Waals surface area contributed by atoms with Gasteiger partial charge in [0.05, 0.1) is 0 Å². The Balaban J connectivity index is 2.02. The lowest BCUT2D eigenvalue weighted by molar-refractivity contribution is -0.119. The number of rotatable bonds is 2. The van der Waals surface area contributed by atoms with Crippen LogP contribution in [0.5, 0.6) is 0 Å². The van der Waals surface area contributed by atoms with Crippen molar-refractivity contribution in [2.24, 2.45) is 5.92 Å². The van der Waals surface area contributed by atoms with Crippen LogP contribution < -0.4 is 0 Å². The molecule has 0 spiro atoms. The van der Waals surface area contributed by atoms with Crippen molar-refractivity contribution in [3.63, 3.8) is 0 Å². The minimum Gasteiger partial charge on any atom is -0.294 e. The molecule has 15 heavy (non-hydrogen) atoms. The smallest absolute Gasteiger partial charge is 0.161 e. The summed E-state index contributed by atoms with van der Waals surface area (Å²) in [6.45, 7) is 3.92. The quantitative estimate of drug-likeness (QED) is 0.667. The first-order valence-electron chi connectivity index (χ1n) is 6.03. The standard InChI is InChI=1S/C13H20OS/c1-3-9(2)13(14)10-7-11-5-4-6-12(8-10)15-11/h3,10-12H,4-8H2,1-2H3. The van der Waals surface area contributed by atoms with Crippen LogP contribution in [0.25, 0.3) is 0 Å². The highest BCUT2D eigenvalue weighted by Crippen LogP contribution is 2.44. The van der Waals surface area contributed by atoms with Crippen molar-refractivity contribution in [2.45, 2.75) is 56.5 Å². The molecule has 0 N–H and O–H groups in total. The summed E-state index contributed by atoms with van der Waals surface area (Å²) in [5.41, 5.74) is 0.963. The summed E-state index contributed by atoms with van der Waals surface area (Å²) in [4.78, 5) is 12.1. The van der Waals surface area contributed by atoms with Crippen molar-refractivity contribution < 1.29 is 4.79 Å². The van der Waals surface area contributed by atoms with Crippen molar-refractivity contribution in [3.05, 3.63) is 11.6 Å². The van der Waals surface area contributed by atoms with Crippen molar-refractivity contribution >= 4 is 17.5 Å². The molecule has 0 saturated carbocycles. The third kappa shape index (κ3) is 2.47. The molecule has 2 heterocycles. The van der Waals surface area contributed by atoms with Crippen LogP contribution in [0.15, 0.2) is 11.6 Å². The van der Waals surface area contributed by atoms with Gasteiger partial charge in [-0.05, 0) is 45.1 Å². The molecular formula is C13H20OS. The number of thioether (sulfide) groups is 1. The highest BCUT2D eigenvalue weighted by molar-refractivity contribution is 8.00. The summed E-state index contributed by atoms with van der Waals surface area (Å²) in [6, 6.07) is 0. The van der Waals surface area contributed by atoms with Crippen molar-refractivity contribution in [2.75, 3.05) is 0 Å². The van der Waals surface area contributed by atoms with Crippen LogP contribution in [-0.4, -0.2) is 16.3 Å². The van der Waals surface area contributed by atoms with Gasteiger partial charge in [0.15, 0.2) is 5.78 Å². The lowest BCUT2D eigenvalue weighted by Gasteiger charge is -2.38. The molecule has 0 radical (unpaired) electrons. The van der Waals surface area contributed by atoms with Gasteiger partial charge in [-0.3, -0.25) is 4.79 Å². The van der Waals surface area contributed by atoms with Gasteiger partial charge in [-0.1, -0.05) is 12.5 Å². The van der Waals surface area contributed by atoms with Crippen LogP contribution in [0, 0.1) is 5.92 Å². The van der Waals surface area contributed by atoms with Crippen LogP contribution in [0.1, 0.15) is 46.0 Å². The van der Waals surface area contributed by atoms with Crippen LogP contribution in [0.3, 0.4) is 0 Å². The summed E-state index contributed by atoms with van der Waals surface area (Å²) in [5, 5.41) is 1.55. The van der Waals surface area contributed by atoms with Crippen LogP contribution in [-0.2, 0) is 4.79 Å². The number of hydrogen-bond donors (Lipinski definition) is 0. The molecular weight excluding hydrogens is 204 g/mol. The zero-order valence-electron chi connectivity index (χ0n) is 9.66. The Morgan fingerprint density at radius 2 is 1.87 bits per heavy atom. The maximum atomic E-state index is 12.1. The first-order valence-corrected chi connectivity index (χ1v) is 6.97. The molecule has 0 aromatic rings. The Hall–Kier alpha value is -0.240. The van der Waals surface area contributed by atoms with E-state index in [1.165, 1.54) is 19.3 Å². The molecule has 2 fully saturated rings. The summed E-state index contributed by atoms with van der Waals surface area (Å²) >= 11 is 2.14. The molecule has 2 saturated heterocycles. The zero-order valence-corrected chi connectivity index (χ0v) is 10.5. The van der Waals surface area contributed by atoms with E-state index in [0.717, 1.165) is 28.9 Å². The first kappa shape index (κ1) is 11.3. The number of ketones is 1. The molecule has 2 bridgehead atoms. The number of allylic oxidation sites excluding steroid dienone is 2. The summed E-state index contributed by atoms with van der Waals surface area (Å²) in [6.07, 6.45) is 8.27. The topological polar surface area (TPSA) is 17.1 Å². The molecule has 84 valence electrons. The second kappa shape index (κ2) is 4.73. The Labute approximate surface area is 96.7 Å². The molecule has 2 heteroatoms. The predicted molar refractivity (Wildman–Crippen MR) is 66.2 cm³/mol. The average Bonchev–Trinajstić information content (AvgIpc) is 2.26. The molecule has 0 aliphatic carbocycles. The SMILES string of the molecule is CC=C(C)C(=O)C1CC2CCCC(C1)S2. The number of hydrogen-bond acceptors (Lipinski definition) is 2. The lowest BCUT2D eigenvalue weighted by Crippen LogP contribution is -2.33. The fourth-order valence-electron chi connectivity index (χ4n) is 2.74. The van der Waals surface area contributed by atoms with Gasteiger partial charge in [-0.25, -0.2) is 0 Å². The van der Waals surface area contributed by atoms with Gasteiger partial charge in [0.25, 0.3) is 0 Å². The number of carbonyl (C=O) groups is 1. The summed E-state index contributed by atoms with van der Waals surface area (Å²) in [5.74, 6) is 0.743. The Bertz CT molecular complexity index is 270. The molecule has 2 unspecified atom stereocenters. The maximum absolute atomic E-state index is 12.1. The molecule has 1 nitrogen and oxygen atoms in total. The maximum Gasteiger partial charge on any atom is 0.161 e. The monoisotopic (exact) mass is 224 g/mol. The first-order chi connectivity index (χ1) is 7.20. The van der Waals surface area contributed by atoms with E-state index in [-0.39, 0.29) is 0 Å². The molecule has 0 aromatic carbocycles.